The number of β-lactam (4-membered cyclic amide) rings is 1. The first-order valence-electron chi connectivity index (χ1n) is 10.3. The molecule has 3 aliphatic heterocycles. The lowest BCUT2D eigenvalue weighted by Gasteiger charge is -2.43. The summed E-state index contributed by atoms with van der Waals surface area (Å²) < 4.78 is 1.02. The predicted octanol–water partition coefficient (Wildman–Crippen LogP) is 0.987. The van der Waals surface area contributed by atoms with E-state index in [4.69, 9.17) is 0 Å². The van der Waals surface area contributed by atoms with Gasteiger partial charge < -0.3 is 19.6 Å². The normalized spacial score (nSPS) is 31.4. The number of hydrogen-bond donors (Lipinski definition) is 2. The van der Waals surface area contributed by atoms with Crippen LogP contribution >= 0.6 is 11.8 Å². The molecule has 3 saturated heterocycles. The van der Waals surface area contributed by atoms with Gasteiger partial charge in [0.25, 0.3) is 0 Å². The highest BCUT2D eigenvalue weighted by atomic mass is 32.2. The Kier molecular flexibility index (Phi) is 5.63. The monoisotopic (exact) mass is 420 g/mol. The lowest BCUT2D eigenvalue weighted by molar-refractivity contribution is -0.926. The maximum absolute atomic E-state index is 12.4. The molecule has 0 spiro atoms. The van der Waals surface area contributed by atoms with Gasteiger partial charge in [-0.05, 0) is 19.0 Å². The summed E-state index contributed by atoms with van der Waals surface area (Å²) in [5.41, 5.74) is 2.21. The highest BCUT2D eigenvalue weighted by Crippen LogP contribution is 2.55. The van der Waals surface area contributed by atoms with Crippen molar-refractivity contribution in [1.29, 1.82) is 0 Å². The number of amides is 1. The van der Waals surface area contributed by atoms with Gasteiger partial charge >= 0.3 is 5.97 Å². The van der Waals surface area contributed by atoms with Gasteiger partial charge in [0, 0.05) is 25.3 Å². The van der Waals surface area contributed by atoms with Gasteiger partial charge in [0.05, 0.1) is 36.7 Å². The molecule has 4 rings (SSSR count). The average molecular weight is 421 g/mol. The van der Waals surface area contributed by atoms with E-state index in [-0.39, 0.29) is 29.1 Å². The second-order valence-electron chi connectivity index (χ2n) is 8.86. The molecule has 1 aromatic carbocycles. The number of carboxylic acids is 1. The third-order valence-corrected chi connectivity index (χ3v) is 8.33. The zero-order valence-corrected chi connectivity index (χ0v) is 17.8. The number of nitrogens with zero attached hydrogens (tertiary/aromatic N) is 3. The second kappa shape index (κ2) is 7.91. The number of aliphatic hydroxyl groups excluding tert-OH is 1. The molecular weight excluding hydrogens is 390 g/mol. The van der Waals surface area contributed by atoms with Gasteiger partial charge in [0.15, 0.2) is 0 Å². The third-order valence-electron chi connectivity index (χ3n) is 6.67. The Labute approximate surface area is 175 Å². The standard InChI is InChI=1S/C21H29N3O4S/c1-22-8-10-24(2,11-9-22)13-14-3-5-15(6-4-14)18-17(21(27)28)23-19(26)16(7-12-25)20(23)29-18/h3-6,16-18,20,25H,7-13H2,1-2H3/p+1/t16-,17?,18?,20+/m0/s1. The van der Waals surface area contributed by atoms with Crippen molar-refractivity contribution < 1.29 is 24.3 Å². The Morgan fingerprint density at radius 3 is 2.48 bits per heavy atom. The molecule has 0 aliphatic carbocycles. The summed E-state index contributed by atoms with van der Waals surface area (Å²) in [4.78, 5) is 28.2. The van der Waals surface area contributed by atoms with Gasteiger partial charge in [-0.15, -0.1) is 11.8 Å². The van der Waals surface area contributed by atoms with Gasteiger partial charge in [-0.1, -0.05) is 24.3 Å². The van der Waals surface area contributed by atoms with Gasteiger partial charge in [-0.25, -0.2) is 4.79 Å². The van der Waals surface area contributed by atoms with E-state index in [1.165, 1.54) is 10.5 Å². The van der Waals surface area contributed by atoms with Gasteiger partial charge in [0.2, 0.25) is 5.91 Å². The Morgan fingerprint density at radius 2 is 1.90 bits per heavy atom. The first kappa shape index (κ1) is 20.7. The number of fused-ring (bicyclic) bond motifs is 1. The summed E-state index contributed by atoms with van der Waals surface area (Å²) in [6, 6.07) is 7.45. The van der Waals surface area contributed by atoms with Crippen LogP contribution in [0.15, 0.2) is 24.3 Å². The summed E-state index contributed by atoms with van der Waals surface area (Å²) in [5.74, 6) is -1.37. The molecule has 2 N–H and O–H groups in total. The van der Waals surface area contributed by atoms with E-state index in [9.17, 15) is 19.8 Å². The van der Waals surface area contributed by atoms with Crippen LogP contribution in [0, 0.1) is 5.92 Å². The molecule has 0 aromatic heterocycles. The van der Waals surface area contributed by atoms with E-state index in [0.29, 0.717) is 6.42 Å². The molecule has 0 radical (unpaired) electrons. The van der Waals surface area contributed by atoms with Crippen LogP contribution in [0.2, 0.25) is 0 Å². The van der Waals surface area contributed by atoms with E-state index in [1.54, 1.807) is 11.8 Å². The summed E-state index contributed by atoms with van der Waals surface area (Å²) in [6.45, 7) is 5.39. The number of piperazine rings is 1. The van der Waals surface area contributed by atoms with Crippen LogP contribution in [0.3, 0.4) is 0 Å². The maximum Gasteiger partial charge on any atom is 0.327 e. The lowest BCUT2D eigenvalue weighted by atomic mass is 9.91. The molecule has 3 aliphatic rings. The molecule has 3 heterocycles. The first-order chi connectivity index (χ1) is 13.8. The quantitative estimate of drug-likeness (QED) is 0.528. The minimum absolute atomic E-state index is 0.0504. The molecule has 1 aromatic rings. The maximum atomic E-state index is 12.4. The minimum Gasteiger partial charge on any atom is -0.480 e. The molecular formula is C21H30N3O4S+. The van der Waals surface area contributed by atoms with Gasteiger partial charge in [-0.3, -0.25) is 9.69 Å². The number of hydrogen-bond acceptors (Lipinski definition) is 5. The van der Waals surface area contributed by atoms with E-state index in [0.717, 1.165) is 42.8 Å². The van der Waals surface area contributed by atoms with E-state index >= 15 is 0 Å². The van der Waals surface area contributed by atoms with Crippen molar-refractivity contribution in [2.24, 2.45) is 5.92 Å². The summed E-state index contributed by atoms with van der Waals surface area (Å²) >= 11 is 1.55. The van der Waals surface area contributed by atoms with E-state index in [1.807, 2.05) is 12.1 Å². The van der Waals surface area contributed by atoms with Crippen molar-refractivity contribution >= 4 is 23.6 Å². The number of likely N-dealkylation sites (N-methyl/N-ethyl adjacent to an activating group) is 2. The number of aliphatic carboxylic acids is 1. The Balaban J connectivity index is 1.48. The van der Waals surface area contributed by atoms with Crippen LogP contribution < -0.4 is 0 Å². The highest BCUT2D eigenvalue weighted by Gasteiger charge is 2.60. The summed E-state index contributed by atoms with van der Waals surface area (Å²) in [5, 5.41) is 18.5. The molecule has 29 heavy (non-hydrogen) atoms. The molecule has 4 atom stereocenters. The Hall–Kier alpha value is -1.61. The van der Waals surface area contributed by atoms with E-state index in [2.05, 4.69) is 31.1 Å². The predicted molar refractivity (Wildman–Crippen MR) is 111 cm³/mol. The van der Waals surface area contributed by atoms with Crippen molar-refractivity contribution in [1.82, 2.24) is 9.80 Å². The van der Waals surface area contributed by atoms with Crippen molar-refractivity contribution in [2.75, 3.05) is 46.9 Å². The summed E-state index contributed by atoms with van der Waals surface area (Å²) in [7, 11) is 4.46. The number of carboxylic acid groups (broad SMARTS) is 1. The SMILES string of the molecule is CN1CC[N+](C)(Cc2ccc(C3S[C@@H]4[C@@H](CCO)C(=O)N4C3C(=O)O)cc2)CC1. The molecule has 0 saturated carbocycles. The zero-order valence-electron chi connectivity index (χ0n) is 17.0. The highest BCUT2D eigenvalue weighted by molar-refractivity contribution is 8.00. The van der Waals surface area contributed by atoms with Crippen LogP contribution in [-0.4, -0.2) is 94.7 Å². The van der Waals surface area contributed by atoms with Crippen molar-refractivity contribution in [3.63, 3.8) is 0 Å². The number of aliphatic hydroxyl groups is 1. The molecule has 7 nitrogen and oxygen atoms in total. The van der Waals surface area contributed by atoms with Crippen LogP contribution in [0.25, 0.3) is 0 Å². The third kappa shape index (κ3) is 3.79. The Morgan fingerprint density at radius 1 is 1.24 bits per heavy atom. The molecule has 2 unspecified atom stereocenters. The van der Waals surface area contributed by atoms with Crippen molar-refractivity contribution in [3.8, 4) is 0 Å². The zero-order chi connectivity index (χ0) is 20.8. The second-order valence-corrected chi connectivity index (χ2v) is 10.1. The van der Waals surface area contributed by atoms with Crippen LogP contribution in [-0.2, 0) is 16.1 Å². The molecule has 1 amide bonds. The largest absolute Gasteiger partial charge is 0.480 e. The van der Waals surface area contributed by atoms with Crippen LogP contribution in [0.1, 0.15) is 22.8 Å². The fraction of sp³-hybridized carbons (Fsp3) is 0.619. The van der Waals surface area contributed by atoms with Crippen LogP contribution in [0.4, 0.5) is 0 Å². The van der Waals surface area contributed by atoms with Gasteiger partial charge in [-0.2, -0.15) is 0 Å². The molecule has 3 fully saturated rings. The number of carbonyl (C=O) groups is 2. The number of carbonyl (C=O) groups excluding carboxylic acids is 1. The smallest absolute Gasteiger partial charge is 0.327 e. The summed E-state index contributed by atoms with van der Waals surface area (Å²) in [6.07, 6.45) is 0.399. The topological polar surface area (TPSA) is 81.1 Å². The Bertz CT molecular complexity index is 779. The molecule has 158 valence electrons. The molecule has 8 heteroatoms. The van der Waals surface area contributed by atoms with Crippen LogP contribution in [0.5, 0.6) is 0 Å². The number of rotatable bonds is 6. The fourth-order valence-corrected chi connectivity index (χ4v) is 6.57. The molecule has 0 bridgehead atoms. The lowest BCUT2D eigenvalue weighted by Crippen LogP contribution is -2.61. The number of benzene rings is 1. The van der Waals surface area contributed by atoms with Crippen molar-refractivity contribution in [2.45, 2.75) is 29.6 Å². The fourth-order valence-electron chi connectivity index (χ4n) is 4.75. The minimum atomic E-state index is -0.958. The average Bonchev–Trinajstić information content (AvgIpc) is 3.05. The first-order valence-corrected chi connectivity index (χ1v) is 11.2. The van der Waals surface area contributed by atoms with Gasteiger partial charge in [0.1, 0.15) is 12.6 Å². The number of thioether (sulfide) groups is 1. The number of quaternary nitrogens is 1. The van der Waals surface area contributed by atoms with E-state index < -0.39 is 12.0 Å². The van der Waals surface area contributed by atoms with Crippen molar-refractivity contribution in [3.05, 3.63) is 35.4 Å².